The molecule has 0 amide bonds. The molecule has 0 N–H and O–H groups in total. The molecule has 2 rings (SSSR count). The number of carbonyl (C=O) groups excluding carboxylic acids is 1. The van der Waals surface area contributed by atoms with Crippen molar-refractivity contribution in [2.75, 3.05) is 0 Å². The molecule has 0 heterocycles. The van der Waals surface area contributed by atoms with Crippen molar-refractivity contribution < 1.29 is 13.6 Å². The number of carbonyl (C=O) groups is 1. The third-order valence-corrected chi connectivity index (χ3v) is 3.35. The minimum atomic E-state index is -0.655. The van der Waals surface area contributed by atoms with E-state index in [2.05, 4.69) is 0 Å². The molecule has 0 unspecified atom stereocenters. The lowest BCUT2D eigenvalue weighted by Gasteiger charge is -2.06. The van der Waals surface area contributed by atoms with Crippen molar-refractivity contribution in [1.82, 2.24) is 0 Å². The average Bonchev–Trinajstić information content (AvgIpc) is 2.36. The van der Waals surface area contributed by atoms with E-state index in [1.54, 1.807) is 0 Å². The quantitative estimate of drug-likeness (QED) is 0.751. The highest BCUT2D eigenvalue weighted by Crippen LogP contribution is 2.23. The van der Waals surface area contributed by atoms with Crippen molar-refractivity contribution in [2.45, 2.75) is 6.42 Å². The van der Waals surface area contributed by atoms with Crippen LogP contribution in [0.15, 0.2) is 36.4 Å². The van der Waals surface area contributed by atoms with Crippen LogP contribution in [0.1, 0.15) is 15.9 Å². The molecule has 0 bridgehead atoms. The summed E-state index contributed by atoms with van der Waals surface area (Å²) in [4.78, 5) is 12.0. The van der Waals surface area contributed by atoms with Gasteiger partial charge in [-0.05, 0) is 29.8 Å². The molecule has 0 atom stereocenters. The largest absolute Gasteiger partial charge is 0.294 e. The summed E-state index contributed by atoms with van der Waals surface area (Å²) >= 11 is 11.6. The summed E-state index contributed by atoms with van der Waals surface area (Å²) in [5.41, 5.74) is 0.551. The summed E-state index contributed by atoms with van der Waals surface area (Å²) in [5, 5.41) is -0.0633. The van der Waals surface area contributed by atoms with E-state index in [1.165, 1.54) is 30.3 Å². The molecule has 0 radical (unpaired) electrons. The van der Waals surface area contributed by atoms with Gasteiger partial charge in [0.2, 0.25) is 0 Å². The summed E-state index contributed by atoms with van der Waals surface area (Å²) < 4.78 is 26.1. The molecular formula is C14H8Cl2F2O. The number of ketones is 1. The zero-order valence-corrected chi connectivity index (χ0v) is 11.1. The fourth-order valence-corrected chi connectivity index (χ4v) is 2.12. The van der Waals surface area contributed by atoms with E-state index in [0.29, 0.717) is 5.56 Å². The first-order valence-corrected chi connectivity index (χ1v) is 6.16. The van der Waals surface area contributed by atoms with Gasteiger partial charge in [0.15, 0.2) is 5.78 Å². The Kier molecular flexibility index (Phi) is 4.17. The van der Waals surface area contributed by atoms with Gasteiger partial charge in [0, 0.05) is 17.0 Å². The minimum Gasteiger partial charge on any atom is -0.294 e. The third-order valence-electron chi connectivity index (χ3n) is 2.62. The van der Waals surface area contributed by atoms with Gasteiger partial charge in [0.25, 0.3) is 0 Å². The molecule has 0 aromatic heterocycles. The maximum Gasteiger partial charge on any atom is 0.168 e. The van der Waals surface area contributed by atoms with Gasteiger partial charge in [0.1, 0.15) is 11.6 Å². The van der Waals surface area contributed by atoms with Crippen LogP contribution in [0.2, 0.25) is 10.0 Å². The van der Waals surface area contributed by atoms with Crippen molar-refractivity contribution in [3.05, 3.63) is 69.2 Å². The summed E-state index contributed by atoms with van der Waals surface area (Å²) in [5.74, 6) is -1.51. The van der Waals surface area contributed by atoms with Crippen LogP contribution in [-0.2, 0) is 6.42 Å². The van der Waals surface area contributed by atoms with E-state index in [4.69, 9.17) is 23.2 Å². The first-order valence-electron chi connectivity index (χ1n) is 5.40. The van der Waals surface area contributed by atoms with Crippen LogP contribution in [-0.4, -0.2) is 5.78 Å². The molecule has 0 aliphatic rings. The lowest BCUT2D eigenvalue weighted by molar-refractivity contribution is 0.0992. The maximum atomic E-state index is 13.3. The number of rotatable bonds is 3. The van der Waals surface area contributed by atoms with Gasteiger partial charge in [-0.25, -0.2) is 8.78 Å². The maximum absolute atomic E-state index is 13.3. The van der Waals surface area contributed by atoms with Gasteiger partial charge in [-0.2, -0.15) is 0 Å². The molecule has 19 heavy (non-hydrogen) atoms. The fraction of sp³-hybridized carbons (Fsp3) is 0.0714. The molecule has 2 aromatic carbocycles. The molecule has 0 saturated carbocycles. The summed E-state index contributed by atoms with van der Waals surface area (Å²) in [6.45, 7) is 0. The van der Waals surface area contributed by atoms with Crippen LogP contribution in [0.25, 0.3) is 0 Å². The summed E-state index contributed by atoms with van der Waals surface area (Å²) in [6.07, 6.45) is -0.0672. The van der Waals surface area contributed by atoms with E-state index in [-0.39, 0.29) is 27.8 Å². The SMILES string of the molecule is O=C(Cc1ccc(F)cc1Cl)c1cccc(F)c1Cl. The zero-order valence-electron chi connectivity index (χ0n) is 9.59. The monoisotopic (exact) mass is 300 g/mol. The van der Waals surface area contributed by atoms with Crippen LogP contribution < -0.4 is 0 Å². The van der Waals surface area contributed by atoms with Crippen LogP contribution in [0.3, 0.4) is 0 Å². The Hall–Kier alpha value is -1.45. The molecule has 0 aliphatic carbocycles. The Morgan fingerprint density at radius 2 is 1.84 bits per heavy atom. The predicted octanol–water partition coefficient (Wildman–Crippen LogP) is 4.70. The van der Waals surface area contributed by atoms with Crippen molar-refractivity contribution in [3.63, 3.8) is 0 Å². The first kappa shape index (κ1) is 14.0. The van der Waals surface area contributed by atoms with Gasteiger partial charge in [-0.15, -0.1) is 0 Å². The van der Waals surface area contributed by atoms with E-state index in [0.717, 1.165) is 6.07 Å². The lowest BCUT2D eigenvalue weighted by atomic mass is 10.0. The zero-order chi connectivity index (χ0) is 14.0. The highest BCUT2D eigenvalue weighted by molar-refractivity contribution is 6.34. The first-order chi connectivity index (χ1) is 8.99. The van der Waals surface area contributed by atoms with Gasteiger partial charge in [-0.1, -0.05) is 35.3 Å². The van der Waals surface area contributed by atoms with E-state index < -0.39 is 11.6 Å². The summed E-state index contributed by atoms with van der Waals surface area (Å²) in [7, 11) is 0. The van der Waals surface area contributed by atoms with Crippen LogP contribution in [0, 0.1) is 11.6 Å². The van der Waals surface area contributed by atoms with Crippen molar-refractivity contribution in [3.8, 4) is 0 Å². The Morgan fingerprint density at radius 3 is 2.53 bits per heavy atom. The van der Waals surface area contributed by atoms with E-state index in [1.807, 2.05) is 0 Å². The fourth-order valence-electron chi connectivity index (χ4n) is 1.65. The molecule has 98 valence electrons. The Bertz CT molecular complexity index is 641. The molecule has 0 spiro atoms. The molecular weight excluding hydrogens is 293 g/mol. The number of Topliss-reactive ketones (excluding diaryl/α,β-unsaturated/α-hetero) is 1. The topological polar surface area (TPSA) is 17.1 Å². The number of benzene rings is 2. The molecule has 0 fully saturated rings. The Labute approximate surface area is 118 Å². The Balaban J connectivity index is 2.28. The van der Waals surface area contributed by atoms with E-state index in [9.17, 15) is 13.6 Å². The van der Waals surface area contributed by atoms with Gasteiger partial charge in [0.05, 0.1) is 5.02 Å². The van der Waals surface area contributed by atoms with Crippen LogP contribution in [0.5, 0.6) is 0 Å². The van der Waals surface area contributed by atoms with Crippen LogP contribution >= 0.6 is 23.2 Å². The molecule has 5 heteroatoms. The standard InChI is InChI=1S/C14H8Cl2F2O/c15-11-7-9(17)5-4-8(11)6-13(19)10-2-1-3-12(18)14(10)16/h1-5,7H,6H2. The smallest absolute Gasteiger partial charge is 0.168 e. The normalized spacial score (nSPS) is 10.5. The number of hydrogen-bond donors (Lipinski definition) is 0. The molecule has 0 saturated heterocycles. The molecule has 2 aromatic rings. The minimum absolute atomic E-state index is 0.0672. The summed E-state index contributed by atoms with van der Waals surface area (Å²) in [6, 6.07) is 7.76. The highest BCUT2D eigenvalue weighted by Gasteiger charge is 2.15. The predicted molar refractivity (Wildman–Crippen MR) is 70.9 cm³/mol. The van der Waals surface area contributed by atoms with Crippen molar-refractivity contribution in [2.24, 2.45) is 0 Å². The van der Waals surface area contributed by atoms with Crippen LogP contribution in [0.4, 0.5) is 8.78 Å². The molecule has 1 nitrogen and oxygen atoms in total. The average molecular weight is 301 g/mol. The number of halogens is 4. The van der Waals surface area contributed by atoms with E-state index >= 15 is 0 Å². The molecule has 0 aliphatic heterocycles. The lowest BCUT2D eigenvalue weighted by Crippen LogP contribution is -2.05. The highest BCUT2D eigenvalue weighted by atomic mass is 35.5. The third kappa shape index (κ3) is 3.11. The number of hydrogen-bond acceptors (Lipinski definition) is 1. The second-order valence-corrected chi connectivity index (χ2v) is 4.72. The second kappa shape index (κ2) is 5.68. The van der Waals surface area contributed by atoms with Gasteiger partial charge >= 0.3 is 0 Å². The van der Waals surface area contributed by atoms with Crippen molar-refractivity contribution in [1.29, 1.82) is 0 Å². The second-order valence-electron chi connectivity index (χ2n) is 3.94. The Morgan fingerprint density at radius 1 is 1.11 bits per heavy atom. The van der Waals surface area contributed by atoms with Gasteiger partial charge in [-0.3, -0.25) is 4.79 Å². The van der Waals surface area contributed by atoms with Crippen molar-refractivity contribution >= 4 is 29.0 Å². The van der Waals surface area contributed by atoms with Gasteiger partial charge < -0.3 is 0 Å².